The minimum atomic E-state index is -0.537. The smallest absolute Gasteiger partial charge is 0.226 e. The second kappa shape index (κ2) is 8.16. The Morgan fingerprint density at radius 3 is 2.60 bits per heavy atom. The van der Waals surface area contributed by atoms with Crippen molar-refractivity contribution >= 4 is 11.6 Å². The van der Waals surface area contributed by atoms with E-state index in [0.717, 1.165) is 39.3 Å². The predicted octanol–water partition coefficient (Wildman–Crippen LogP) is 5.30. The molecule has 6 rings (SSSR count). The van der Waals surface area contributed by atoms with Crippen molar-refractivity contribution in [1.82, 2.24) is 14.8 Å². The van der Waals surface area contributed by atoms with Gasteiger partial charge in [-0.15, -0.1) is 0 Å². The maximum Gasteiger partial charge on any atom is 0.226 e. The average molecular weight is 471 g/mol. The van der Waals surface area contributed by atoms with Gasteiger partial charge in [0.25, 0.3) is 0 Å². The van der Waals surface area contributed by atoms with Crippen LogP contribution in [0.25, 0.3) is 5.70 Å². The molecule has 4 aromatic rings. The molecule has 7 nitrogen and oxygen atoms in total. The molecule has 8 heteroatoms. The average Bonchev–Trinajstić information content (AvgIpc) is 3.36. The van der Waals surface area contributed by atoms with Crippen LogP contribution in [0.2, 0.25) is 0 Å². The summed E-state index contributed by atoms with van der Waals surface area (Å²) in [6.07, 6.45) is 0.973. The summed E-state index contributed by atoms with van der Waals surface area (Å²) in [4.78, 5) is 4.44. The van der Waals surface area contributed by atoms with Crippen LogP contribution in [-0.4, -0.2) is 29.0 Å². The van der Waals surface area contributed by atoms with Gasteiger partial charge in [-0.05, 0) is 55.0 Å². The van der Waals surface area contributed by atoms with Crippen LogP contribution in [-0.2, 0) is 0 Å². The Hall–Kier alpha value is -4.33. The Morgan fingerprint density at radius 2 is 1.83 bits per heavy atom. The van der Waals surface area contributed by atoms with Crippen LogP contribution in [0, 0.1) is 12.7 Å². The van der Waals surface area contributed by atoms with Crippen LogP contribution in [0.3, 0.4) is 0 Å². The summed E-state index contributed by atoms with van der Waals surface area (Å²) in [5.74, 6) is 2.39. The molecule has 2 aliphatic rings. The van der Waals surface area contributed by atoms with Crippen LogP contribution in [0.4, 0.5) is 10.3 Å². The van der Waals surface area contributed by atoms with Gasteiger partial charge < -0.3 is 19.5 Å². The fourth-order valence-corrected chi connectivity index (χ4v) is 4.85. The van der Waals surface area contributed by atoms with E-state index in [1.165, 1.54) is 18.5 Å². The van der Waals surface area contributed by atoms with Gasteiger partial charge in [-0.1, -0.05) is 23.8 Å². The first kappa shape index (κ1) is 21.2. The molecule has 0 aliphatic carbocycles. The second-order valence-electron chi connectivity index (χ2n) is 8.54. The first-order chi connectivity index (χ1) is 17.1. The molecule has 2 atom stereocenters. The Bertz CT molecular complexity index is 1460. The number of methoxy groups -OCH3 is 2. The lowest BCUT2D eigenvalue weighted by Gasteiger charge is -2.39. The van der Waals surface area contributed by atoms with Crippen LogP contribution in [0.15, 0.2) is 72.6 Å². The molecule has 0 radical (unpaired) electrons. The van der Waals surface area contributed by atoms with Gasteiger partial charge in [-0.25, -0.2) is 9.07 Å². The van der Waals surface area contributed by atoms with E-state index in [2.05, 4.69) is 21.5 Å². The van der Waals surface area contributed by atoms with Gasteiger partial charge >= 0.3 is 0 Å². The number of anilines is 1. The maximum absolute atomic E-state index is 13.9. The van der Waals surface area contributed by atoms with Crippen molar-refractivity contribution in [2.45, 2.75) is 19.1 Å². The van der Waals surface area contributed by atoms with Gasteiger partial charge in [-0.2, -0.15) is 10.1 Å². The van der Waals surface area contributed by atoms with Crippen LogP contribution in [0.5, 0.6) is 17.2 Å². The lowest BCUT2D eigenvalue weighted by atomic mass is 9.84. The van der Waals surface area contributed by atoms with Gasteiger partial charge in [0.2, 0.25) is 5.95 Å². The van der Waals surface area contributed by atoms with Crippen molar-refractivity contribution in [3.05, 3.63) is 101 Å². The molecule has 1 aromatic heterocycles. The first-order valence-electron chi connectivity index (χ1n) is 11.2. The van der Waals surface area contributed by atoms with Crippen molar-refractivity contribution in [3.8, 4) is 17.2 Å². The molecule has 3 aromatic carbocycles. The monoisotopic (exact) mass is 470 g/mol. The summed E-state index contributed by atoms with van der Waals surface area (Å²) in [5.41, 5.74) is 5.50. The van der Waals surface area contributed by atoms with Crippen LogP contribution >= 0.6 is 0 Å². The lowest BCUT2D eigenvalue weighted by molar-refractivity contribution is 0.217. The third-order valence-electron chi connectivity index (χ3n) is 6.47. The minimum absolute atomic E-state index is 0.303. The topological polar surface area (TPSA) is 70.4 Å². The van der Waals surface area contributed by atoms with Crippen molar-refractivity contribution in [2.24, 2.45) is 0 Å². The normalized spacial score (nSPS) is 18.1. The predicted molar refractivity (Wildman–Crippen MR) is 129 cm³/mol. The van der Waals surface area contributed by atoms with Gasteiger partial charge in [0.15, 0.2) is 6.10 Å². The quantitative estimate of drug-likeness (QED) is 0.436. The van der Waals surface area contributed by atoms with E-state index in [-0.39, 0.29) is 11.9 Å². The highest BCUT2D eigenvalue weighted by Crippen LogP contribution is 2.52. The van der Waals surface area contributed by atoms with Gasteiger partial charge in [0, 0.05) is 16.7 Å². The fourth-order valence-electron chi connectivity index (χ4n) is 4.85. The van der Waals surface area contributed by atoms with Crippen molar-refractivity contribution in [2.75, 3.05) is 19.5 Å². The van der Waals surface area contributed by atoms with Gasteiger partial charge in [0.1, 0.15) is 35.4 Å². The Morgan fingerprint density at radius 1 is 1.00 bits per heavy atom. The largest absolute Gasteiger partial charge is 0.497 e. The highest BCUT2D eigenvalue weighted by molar-refractivity contribution is 5.85. The second-order valence-corrected chi connectivity index (χ2v) is 8.54. The Kier molecular flexibility index (Phi) is 4.95. The molecule has 0 fully saturated rings. The minimum Gasteiger partial charge on any atom is -0.497 e. The number of aromatic nitrogens is 3. The summed E-state index contributed by atoms with van der Waals surface area (Å²) in [5, 5.41) is 7.99. The molecule has 0 amide bonds. The zero-order chi connectivity index (χ0) is 24.1. The molecule has 0 saturated carbocycles. The zero-order valence-electron chi connectivity index (χ0n) is 19.4. The number of rotatable bonds is 4. The fraction of sp³-hybridized carbons (Fsp3) is 0.185. The van der Waals surface area contributed by atoms with Gasteiger partial charge in [-0.3, -0.25) is 0 Å². The molecule has 2 aliphatic heterocycles. The standard InChI is InChI=1S/C27H23FN4O3/c1-15-4-10-22-19(12-15)24-23(26(35-22)20-13-18(33-2)9-11-21(20)34-3)25(16-5-7-17(28)8-6-16)32-27(31-24)29-14-30-32/h4-14,25-26H,1-3H3,(H,29,30,31). The van der Waals surface area contributed by atoms with E-state index < -0.39 is 6.10 Å². The molecular formula is C27H23FN4O3. The molecule has 176 valence electrons. The number of hydrogen-bond donors (Lipinski definition) is 1. The maximum atomic E-state index is 13.9. The molecule has 1 N–H and O–H groups in total. The highest BCUT2D eigenvalue weighted by Gasteiger charge is 2.42. The van der Waals surface area contributed by atoms with E-state index in [9.17, 15) is 4.39 Å². The molecular weight excluding hydrogens is 447 g/mol. The summed E-state index contributed by atoms with van der Waals surface area (Å²) in [6, 6.07) is 17.8. The Labute approximate surface area is 201 Å². The number of nitrogens with one attached hydrogen (secondary N) is 1. The third-order valence-corrected chi connectivity index (χ3v) is 6.47. The van der Waals surface area contributed by atoms with Crippen molar-refractivity contribution in [3.63, 3.8) is 0 Å². The van der Waals surface area contributed by atoms with Gasteiger partial charge in [0.05, 0.1) is 19.9 Å². The van der Waals surface area contributed by atoms with Crippen LogP contribution in [0.1, 0.15) is 34.4 Å². The summed E-state index contributed by atoms with van der Waals surface area (Å²) >= 11 is 0. The number of aryl methyl sites for hydroxylation is 1. The zero-order valence-corrected chi connectivity index (χ0v) is 19.4. The molecule has 0 bridgehead atoms. The van der Waals surface area contributed by atoms with E-state index in [0.29, 0.717) is 17.4 Å². The number of ether oxygens (including phenoxy) is 3. The summed E-state index contributed by atoms with van der Waals surface area (Å²) in [7, 11) is 3.26. The van der Waals surface area contributed by atoms with E-state index >= 15 is 0 Å². The van der Waals surface area contributed by atoms with Crippen molar-refractivity contribution in [1.29, 1.82) is 0 Å². The third kappa shape index (κ3) is 3.41. The van der Waals surface area contributed by atoms with E-state index in [4.69, 9.17) is 14.2 Å². The Balaban J connectivity index is 1.65. The molecule has 0 spiro atoms. The summed E-state index contributed by atoms with van der Waals surface area (Å²) in [6.45, 7) is 2.04. The number of hydrogen-bond acceptors (Lipinski definition) is 6. The van der Waals surface area contributed by atoms with E-state index in [1.54, 1.807) is 31.0 Å². The lowest BCUT2D eigenvalue weighted by Crippen LogP contribution is -2.32. The molecule has 3 heterocycles. The highest BCUT2D eigenvalue weighted by atomic mass is 19.1. The number of fused-ring (bicyclic) bond motifs is 3. The summed E-state index contributed by atoms with van der Waals surface area (Å²) < 4.78 is 33.6. The molecule has 35 heavy (non-hydrogen) atoms. The first-order valence-corrected chi connectivity index (χ1v) is 11.2. The molecule has 2 unspecified atom stereocenters. The number of benzene rings is 3. The molecule has 0 saturated heterocycles. The SMILES string of the molecule is COc1ccc(OC)c(C2Oc3ccc(C)cc3C3=C2C(c2ccc(F)cc2)n2ncnc2N3)c1. The number of nitrogens with zero attached hydrogens (tertiary/aromatic N) is 3. The van der Waals surface area contributed by atoms with Crippen molar-refractivity contribution < 1.29 is 18.6 Å². The van der Waals surface area contributed by atoms with E-state index in [1.807, 2.05) is 37.3 Å². The van der Waals surface area contributed by atoms with Crippen LogP contribution < -0.4 is 19.5 Å². The number of halogens is 1.